The minimum absolute atomic E-state index is 0.0549. The van der Waals surface area contributed by atoms with E-state index in [4.69, 9.17) is 4.74 Å². The summed E-state index contributed by atoms with van der Waals surface area (Å²) in [7, 11) is 1.81. The molecule has 2 aliphatic rings. The van der Waals surface area contributed by atoms with Gasteiger partial charge in [-0.15, -0.1) is 5.10 Å². The molecule has 0 unspecified atom stereocenters. The number of fused-ring (bicyclic) bond motifs is 2. The number of hydrogen-bond donors (Lipinski definition) is 1. The molecule has 8 heteroatoms. The second-order valence-corrected chi connectivity index (χ2v) is 7.31. The van der Waals surface area contributed by atoms with E-state index < -0.39 is 17.3 Å². The summed E-state index contributed by atoms with van der Waals surface area (Å²) in [6, 6.07) is 4.14. The largest absolute Gasteiger partial charge is 0.416 e. The van der Waals surface area contributed by atoms with Gasteiger partial charge >= 0.3 is 6.18 Å². The van der Waals surface area contributed by atoms with E-state index in [-0.39, 0.29) is 12.1 Å². The molecule has 2 aromatic rings. The number of halogens is 3. The number of nitrogens with one attached hydrogen (secondary N) is 1. The lowest BCUT2D eigenvalue weighted by Crippen LogP contribution is -2.50. The van der Waals surface area contributed by atoms with Crippen LogP contribution in [0.5, 0.6) is 0 Å². The van der Waals surface area contributed by atoms with Gasteiger partial charge < -0.3 is 10.1 Å². The highest BCUT2D eigenvalue weighted by molar-refractivity contribution is 5.40. The Morgan fingerprint density at radius 1 is 1.31 bits per heavy atom. The lowest BCUT2D eigenvalue weighted by atomic mass is 9.74. The lowest BCUT2D eigenvalue weighted by Gasteiger charge is -2.47. The van der Waals surface area contributed by atoms with Crippen LogP contribution in [0.3, 0.4) is 0 Å². The molecule has 0 aliphatic carbocycles. The number of ether oxygens (including phenoxy) is 1. The van der Waals surface area contributed by atoms with Gasteiger partial charge in [-0.1, -0.05) is 11.3 Å². The number of rotatable bonds is 1. The summed E-state index contributed by atoms with van der Waals surface area (Å²) in [5.74, 6) is 0. The molecule has 0 radical (unpaired) electrons. The van der Waals surface area contributed by atoms with E-state index in [1.165, 1.54) is 12.1 Å². The minimum atomic E-state index is -4.33. The highest BCUT2D eigenvalue weighted by Gasteiger charge is 2.46. The van der Waals surface area contributed by atoms with Crippen LogP contribution in [0.1, 0.15) is 48.2 Å². The number of benzene rings is 1. The van der Waals surface area contributed by atoms with Crippen molar-refractivity contribution in [3.8, 4) is 0 Å². The van der Waals surface area contributed by atoms with Gasteiger partial charge in [-0.05, 0) is 43.0 Å². The van der Waals surface area contributed by atoms with Crippen LogP contribution in [-0.4, -0.2) is 27.6 Å². The van der Waals surface area contributed by atoms with Gasteiger partial charge in [0.1, 0.15) is 0 Å². The summed E-state index contributed by atoms with van der Waals surface area (Å²) in [4.78, 5) is 0. The lowest BCUT2D eigenvalue weighted by molar-refractivity contribution is -0.138. The molecule has 1 aromatic heterocycles. The monoisotopic (exact) mass is 366 g/mol. The van der Waals surface area contributed by atoms with Crippen molar-refractivity contribution in [2.24, 2.45) is 7.05 Å². The zero-order valence-corrected chi connectivity index (χ0v) is 14.7. The molecular formula is C18H21F3N4O. The molecule has 1 aromatic carbocycles. The summed E-state index contributed by atoms with van der Waals surface area (Å²) in [6.45, 7) is 2.49. The predicted molar refractivity (Wildman–Crippen MR) is 88.4 cm³/mol. The van der Waals surface area contributed by atoms with Crippen molar-refractivity contribution in [1.82, 2.24) is 20.3 Å². The Morgan fingerprint density at radius 2 is 2.12 bits per heavy atom. The summed E-state index contributed by atoms with van der Waals surface area (Å²) in [5, 5.41) is 11.7. The number of piperidine rings is 1. The molecule has 0 saturated carbocycles. The Labute approximate surface area is 149 Å². The van der Waals surface area contributed by atoms with Gasteiger partial charge in [0.25, 0.3) is 0 Å². The molecule has 1 N–H and O–H groups in total. The van der Waals surface area contributed by atoms with E-state index in [9.17, 15) is 13.2 Å². The van der Waals surface area contributed by atoms with Gasteiger partial charge in [0, 0.05) is 25.7 Å². The first-order valence-electron chi connectivity index (χ1n) is 8.74. The van der Waals surface area contributed by atoms with Gasteiger partial charge in [-0.2, -0.15) is 13.2 Å². The van der Waals surface area contributed by atoms with Crippen LogP contribution in [0.15, 0.2) is 24.4 Å². The smallest absolute Gasteiger partial charge is 0.370 e. The summed E-state index contributed by atoms with van der Waals surface area (Å²) in [5.41, 5.74) is 1.24. The average Bonchev–Trinajstić information content (AvgIpc) is 3.00. The van der Waals surface area contributed by atoms with Gasteiger partial charge in [-0.25, -0.2) is 0 Å². The van der Waals surface area contributed by atoms with E-state index in [2.05, 4.69) is 22.6 Å². The number of aromatic nitrogens is 3. The molecule has 3 atom stereocenters. The SMILES string of the molecule is C[C@H]1C[C@@]2(C[C@@H](c3cn(C)nn3)N1)OCCc1cc(C(F)(F)F)ccc12. The Kier molecular flexibility index (Phi) is 4.07. The molecule has 140 valence electrons. The fourth-order valence-corrected chi connectivity index (χ4v) is 4.28. The third kappa shape index (κ3) is 3.01. The quantitative estimate of drug-likeness (QED) is 0.843. The van der Waals surface area contributed by atoms with Crippen LogP contribution < -0.4 is 5.32 Å². The van der Waals surface area contributed by atoms with Crippen LogP contribution in [0.2, 0.25) is 0 Å². The van der Waals surface area contributed by atoms with Crippen molar-refractivity contribution in [2.75, 3.05) is 6.61 Å². The Morgan fingerprint density at radius 3 is 2.81 bits per heavy atom. The normalized spacial score (nSPS) is 29.0. The van der Waals surface area contributed by atoms with Crippen LogP contribution in [0.4, 0.5) is 13.2 Å². The zero-order chi connectivity index (χ0) is 18.5. The summed E-state index contributed by atoms with van der Waals surface area (Å²) >= 11 is 0. The Balaban J connectivity index is 1.72. The number of alkyl halides is 3. The van der Waals surface area contributed by atoms with Gasteiger partial charge in [-0.3, -0.25) is 4.68 Å². The molecular weight excluding hydrogens is 345 g/mol. The first-order valence-corrected chi connectivity index (χ1v) is 8.74. The zero-order valence-electron chi connectivity index (χ0n) is 14.7. The second kappa shape index (κ2) is 6.06. The molecule has 0 bridgehead atoms. The van der Waals surface area contributed by atoms with Crippen LogP contribution in [-0.2, 0) is 30.0 Å². The third-order valence-corrected chi connectivity index (χ3v) is 5.31. The predicted octanol–water partition coefficient (Wildman–Crippen LogP) is 3.12. The number of aryl methyl sites for hydroxylation is 1. The fourth-order valence-electron chi connectivity index (χ4n) is 4.28. The molecule has 26 heavy (non-hydrogen) atoms. The van der Waals surface area contributed by atoms with E-state index in [1.54, 1.807) is 10.7 Å². The molecule has 0 amide bonds. The highest BCUT2D eigenvalue weighted by Crippen LogP contribution is 2.47. The summed E-state index contributed by atoms with van der Waals surface area (Å²) < 4.78 is 47.1. The van der Waals surface area contributed by atoms with Crippen molar-refractivity contribution < 1.29 is 17.9 Å². The number of nitrogens with zero attached hydrogens (tertiary/aromatic N) is 3. The molecule has 1 spiro atoms. The minimum Gasteiger partial charge on any atom is -0.370 e. The first-order chi connectivity index (χ1) is 12.3. The first kappa shape index (κ1) is 17.5. The van der Waals surface area contributed by atoms with E-state index in [1.807, 2.05) is 13.2 Å². The maximum atomic E-state index is 13.1. The van der Waals surface area contributed by atoms with E-state index in [0.29, 0.717) is 25.9 Å². The summed E-state index contributed by atoms with van der Waals surface area (Å²) in [6.07, 6.45) is -0.640. The van der Waals surface area contributed by atoms with Crippen LogP contribution in [0.25, 0.3) is 0 Å². The Bertz CT molecular complexity index is 819. The second-order valence-electron chi connectivity index (χ2n) is 7.31. The van der Waals surface area contributed by atoms with Crippen molar-refractivity contribution in [3.05, 3.63) is 46.8 Å². The van der Waals surface area contributed by atoms with Crippen LogP contribution in [0, 0.1) is 0 Å². The Hall–Kier alpha value is -1.93. The average molecular weight is 366 g/mol. The topological polar surface area (TPSA) is 52.0 Å². The third-order valence-electron chi connectivity index (χ3n) is 5.31. The number of hydrogen-bond acceptors (Lipinski definition) is 4. The van der Waals surface area contributed by atoms with E-state index >= 15 is 0 Å². The maximum absolute atomic E-state index is 13.1. The molecule has 1 saturated heterocycles. The van der Waals surface area contributed by atoms with Crippen LogP contribution >= 0.6 is 0 Å². The molecule has 2 aliphatic heterocycles. The van der Waals surface area contributed by atoms with Crippen molar-refractivity contribution in [1.29, 1.82) is 0 Å². The van der Waals surface area contributed by atoms with E-state index in [0.717, 1.165) is 16.8 Å². The molecule has 5 nitrogen and oxygen atoms in total. The van der Waals surface area contributed by atoms with Crippen molar-refractivity contribution in [2.45, 2.75) is 50.0 Å². The van der Waals surface area contributed by atoms with Gasteiger partial charge in [0.05, 0.1) is 29.5 Å². The molecule has 4 rings (SSSR count). The highest BCUT2D eigenvalue weighted by atomic mass is 19.4. The fraction of sp³-hybridized carbons (Fsp3) is 0.556. The van der Waals surface area contributed by atoms with Crippen molar-refractivity contribution >= 4 is 0 Å². The maximum Gasteiger partial charge on any atom is 0.416 e. The molecule has 3 heterocycles. The van der Waals surface area contributed by atoms with Gasteiger partial charge in [0.2, 0.25) is 0 Å². The molecule has 1 fully saturated rings. The standard InChI is InChI=1S/C18H21F3N4O/c1-11-8-17(9-15(22-11)16-10-25(2)24-23-16)14-4-3-13(18(19,20)21)7-12(14)5-6-26-17/h3-4,7,10-11,15,22H,5-6,8-9H2,1-2H3/t11-,15-,17-/m0/s1. The van der Waals surface area contributed by atoms with Crippen molar-refractivity contribution in [3.63, 3.8) is 0 Å². The van der Waals surface area contributed by atoms with Gasteiger partial charge in [0.15, 0.2) is 0 Å².